The first-order valence-electron chi connectivity index (χ1n) is 12.2. The lowest BCUT2D eigenvalue weighted by atomic mass is 9.51. The molecule has 0 bridgehead atoms. The number of aliphatic hydroxyl groups excluding tert-OH is 1. The fourth-order valence-electron chi connectivity index (χ4n) is 6.20. The van der Waals surface area contributed by atoms with Crippen molar-refractivity contribution < 1.29 is 14.7 Å². The highest BCUT2D eigenvalue weighted by Crippen LogP contribution is 2.55. The molecule has 4 rings (SSSR count). The van der Waals surface area contributed by atoms with E-state index in [4.69, 9.17) is 0 Å². The molecule has 8 heteroatoms. The predicted molar refractivity (Wildman–Crippen MR) is 127 cm³/mol. The van der Waals surface area contributed by atoms with Gasteiger partial charge < -0.3 is 15.7 Å². The molecule has 2 heterocycles. The van der Waals surface area contributed by atoms with Gasteiger partial charge in [0.05, 0.1) is 23.9 Å². The molecule has 0 spiro atoms. The number of hydrogen-bond donors (Lipinski definition) is 3. The second kappa shape index (κ2) is 10.2. The van der Waals surface area contributed by atoms with E-state index in [1.165, 1.54) is 18.7 Å². The standard InChI is InChI=1S/C26H35N5O3/c1-16(24(33)30-14-19-6-4-5-11-29-19)20-7-9-26(3)10-8-21(17(2)22(26)23(20)32)31-25(34)18-12-27-15-28-13-18/h4-6,11-13,15-17,20-23,32H,7-10,14H2,1-3H3,(H,30,33)(H,31,34)/t16-,17-,20+,21-,22+,23-,26+/m0/s1. The lowest BCUT2D eigenvalue weighted by Crippen LogP contribution is -2.58. The van der Waals surface area contributed by atoms with Crippen LogP contribution in [-0.2, 0) is 11.3 Å². The Labute approximate surface area is 201 Å². The first kappa shape index (κ1) is 24.3. The highest BCUT2D eigenvalue weighted by molar-refractivity contribution is 5.93. The molecule has 0 saturated heterocycles. The maximum absolute atomic E-state index is 12.9. The van der Waals surface area contributed by atoms with Gasteiger partial charge in [-0.1, -0.05) is 26.8 Å². The summed E-state index contributed by atoms with van der Waals surface area (Å²) in [6, 6.07) is 5.57. The molecule has 0 aliphatic heterocycles. The number of amides is 2. The molecule has 2 saturated carbocycles. The number of nitrogens with one attached hydrogen (secondary N) is 2. The van der Waals surface area contributed by atoms with Gasteiger partial charge in [-0.3, -0.25) is 14.6 Å². The molecule has 0 unspecified atom stereocenters. The maximum Gasteiger partial charge on any atom is 0.254 e. The van der Waals surface area contributed by atoms with E-state index in [0.717, 1.165) is 31.4 Å². The molecule has 34 heavy (non-hydrogen) atoms. The number of pyridine rings is 1. The average Bonchev–Trinajstić information content (AvgIpc) is 2.85. The lowest BCUT2D eigenvalue weighted by molar-refractivity contribution is -0.142. The largest absolute Gasteiger partial charge is 0.392 e. The van der Waals surface area contributed by atoms with Crippen LogP contribution in [0.3, 0.4) is 0 Å². The number of fused-ring (bicyclic) bond motifs is 1. The van der Waals surface area contributed by atoms with Crippen LogP contribution in [0, 0.1) is 29.1 Å². The zero-order valence-electron chi connectivity index (χ0n) is 20.1. The van der Waals surface area contributed by atoms with Crippen LogP contribution in [0.5, 0.6) is 0 Å². The minimum Gasteiger partial charge on any atom is -0.392 e. The minimum atomic E-state index is -0.607. The first-order chi connectivity index (χ1) is 16.3. The molecule has 8 nitrogen and oxygen atoms in total. The minimum absolute atomic E-state index is 0.00311. The van der Waals surface area contributed by atoms with Crippen molar-refractivity contribution >= 4 is 11.8 Å². The van der Waals surface area contributed by atoms with Gasteiger partial charge in [0.15, 0.2) is 0 Å². The number of rotatable bonds is 6. The third-order valence-corrected chi connectivity index (χ3v) is 8.25. The number of carbonyl (C=O) groups is 2. The van der Waals surface area contributed by atoms with Gasteiger partial charge in [-0.2, -0.15) is 0 Å². The third kappa shape index (κ3) is 4.97. The van der Waals surface area contributed by atoms with E-state index < -0.39 is 6.10 Å². The number of aromatic nitrogens is 3. The van der Waals surface area contributed by atoms with Gasteiger partial charge in [0.25, 0.3) is 5.91 Å². The normalized spacial score (nSPS) is 31.7. The van der Waals surface area contributed by atoms with Gasteiger partial charge in [-0.05, 0) is 61.0 Å². The summed E-state index contributed by atoms with van der Waals surface area (Å²) < 4.78 is 0. The van der Waals surface area contributed by atoms with Crippen LogP contribution in [0.2, 0.25) is 0 Å². The van der Waals surface area contributed by atoms with Crippen molar-refractivity contribution in [1.82, 2.24) is 25.6 Å². The Morgan fingerprint density at radius 1 is 1.21 bits per heavy atom. The molecule has 182 valence electrons. The van der Waals surface area contributed by atoms with Crippen molar-refractivity contribution in [3.05, 3.63) is 54.4 Å². The van der Waals surface area contributed by atoms with E-state index in [2.05, 4.69) is 39.4 Å². The van der Waals surface area contributed by atoms with Crippen molar-refractivity contribution in [1.29, 1.82) is 0 Å². The van der Waals surface area contributed by atoms with Gasteiger partial charge in [0.2, 0.25) is 5.91 Å². The number of nitrogens with zero attached hydrogens (tertiary/aromatic N) is 3. The Hall–Kier alpha value is -2.87. The predicted octanol–water partition coefficient (Wildman–Crippen LogP) is 2.75. The fraction of sp³-hybridized carbons (Fsp3) is 0.577. The molecule has 2 aromatic rings. The van der Waals surface area contributed by atoms with Crippen molar-refractivity contribution in [3.8, 4) is 0 Å². The summed E-state index contributed by atoms with van der Waals surface area (Å²) in [6.07, 6.45) is 9.11. The van der Waals surface area contributed by atoms with Crippen LogP contribution < -0.4 is 10.6 Å². The SMILES string of the molecule is C[C@@H]1[C@@H]2[C@@H](O)[C@@H]([C@H](C)C(=O)NCc3ccccn3)CC[C@]2(C)CC[C@@H]1NC(=O)c1cncnc1. The van der Waals surface area contributed by atoms with E-state index in [1.54, 1.807) is 6.20 Å². The molecule has 2 aliphatic carbocycles. The zero-order chi connectivity index (χ0) is 24.3. The van der Waals surface area contributed by atoms with Crippen LogP contribution in [-0.4, -0.2) is 44.0 Å². The summed E-state index contributed by atoms with van der Waals surface area (Å²) in [6.45, 7) is 6.66. The Morgan fingerprint density at radius 2 is 1.94 bits per heavy atom. The summed E-state index contributed by atoms with van der Waals surface area (Å²) in [5.74, 6) is -0.605. The van der Waals surface area contributed by atoms with Gasteiger partial charge >= 0.3 is 0 Å². The van der Waals surface area contributed by atoms with E-state index in [0.29, 0.717) is 12.1 Å². The highest BCUT2D eigenvalue weighted by Gasteiger charge is 2.53. The topological polar surface area (TPSA) is 117 Å². The van der Waals surface area contributed by atoms with Gasteiger partial charge in [-0.15, -0.1) is 0 Å². The number of aliphatic hydroxyl groups is 1. The molecule has 7 atom stereocenters. The molecule has 3 N–H and O–H groups in total. The highest BCUT2D eigenvalue weighted by atomic mass is 16.3. The summed E-state index contributed by atoms with van der Waals surface area (Å²) >= 11 is 0. The molecule has 2 amide bonds. The van der Waals surface area contributed by atoms with Crippen molar-refractivity contribution in [2.45, 2.75) is 65.1 Å². The molecular formula is C26H35N5O3. The lowest BCUT2D eigenvalue weighted by Gasteiger charge is -2.56. The van der Waals surface area contributed by atoms with Crippen molar-refractivity contribution in [2.75, 3.05) is 0 Å². The van der Waals surface area contributed by atoms with Crippen LogP contribution in [0.15, 0.2) is 43.1 Å². The van der Waals surface area contributed by atoms with E-state index in [9.17, 15) is 14.7 Å². The second-order valence-electron chi connectivity index (χ2n) is 10.3. The van der Waals surface area contributed by atoms with Crippen LogP contribution in [0.1, 0.15) is 62.5 Å². The van der Waals surface area contributed by atoms with Crippen LogP contribution in [0.25, 0.3) is 0 Å². The second-order valence-corrected chi connectivity index (χ2v) is 10.3. The molecular weight excluding hydrogens is 430 g/mol. The Kier molecular flexibility index (Phi) is 7.26. The summed E-state index contributed by atoms with van der Waals surface area (Å²) in [4.78, 5) is 37.8. The number of hydrogen-bond acceptors (Lipinski definition) is 6. The molecule has 2 aromatic heterocycles. The van der Waals surface area contributed by atoms with Gasteiger partial charge in [-0.25, -0.2) is 9.97 Å². The van der Waals surface area contributed by atoms with E-state index in [1.807, 2.05) is 25.1 Å². The van der Waals surface area contributed by atoms with Crippen molar-refractivity contribution in [3.63, 3.8) is 0 Å². The van der Waals surface area contributed by atoms with E-state index >= 15 is 0 Å². The molecule has 2 fully saturated rings. The van der Waals surface area contributed by atoms with Gasteiger partial charge in [0, 0.05) is 30.6 Å². The fourth-order valence-corrected chi connectivity index (χ4v) is 6.20. The monoisotopic (exact) mass is 465 g/mol. The Bertz CT molecular complexity index is 988. The van der Waals surface area contributed by atoms with E-state index in [-0.39, 0.29) is 46.9 Å². The summed E-state index contributed by atoms with van der Waals surface area (Å²) in [5.41, 5.74) is 1.24. The third-order valence-electron chi connectivity index (χ3n) is 8.25. The maximum atomic E-state index is 12.9. The van der Waals surface area contributed by atoms with Gasteiger partial charge in [0.1, 0.15) is 6.33 Å². The zero-order valence-corrected chi connectivity index (χ0v) is 20.1. The molecule has 2 aliphatic rings. The van der Waals surface area contributed by atoms with Crippen LogP contribution >= 0.6 is 0 Å². The van der Waals surface area contributed by atoms with Crippen LogP contribution in [0.4, 0.5) is 0 Å². The quantitative estimate of drug-likeness (QED) is 0.604. The Morgan fingerprint density at radius 3 is 2.65 bits per heavy atom. The summed E-state index contributed by atoms with van der Waals surface area (Å²) in [5, 5.41) is 17.7. The smallest absolute Gasteiger partial charge is 0.254 e. The molecule has 0 radical (unpaired) electrons. The number of carbonyl (C=O) groups excluding carboxylic acids is 2. The first-order valence-corrected chi connectivity index (χ1v) is 12.2. The van der Waals surface area contributed by atoms with Crippen molar-refractivity contribution in [2.24, 2.45) is 29.1 Å². The molecule has 0 aromatic carbocycles. The Balaban J connectivity index is 1.42. The average molecular weight is 466 g/mol. The summed E-state index contributed by atoms with van der Waals surface area (Å²) in [7, 11) is 0.